The molecule has 0 aromatic heterocycles. The molecule has 0 radical (unpaired) electrons. The van der Waals surface area contributed by atoms with Crippen molar-refractivity contribution in [2.45, 2.75) is 55.9 Å². The predicted molar refractivity (Wildman–Crippen MR) is 87.0 cm³/mol. The number of hydrogen-bond acceptors (Lipinski definition) is 4. The molecule has 1 aromatic carbocycles. The highest BCUT2D eigenvalue weighted by Gasteiger charge is 2.31. The lowest BCUT2D eigenvalue weighted by Crippen LogP contribution is -2.38. The molecule has 0 heterocycles. The summed E-state index contributed by atoms with van der Waals surface area (Å²) in [7, 11) is -3.52. The molecular formula is C15H23NO3S2. The fraction of sp³-hybridized carbons (Fsp3) is 0.600. The third kappa shape index (κ3) is 4.00. The van der Waals surface area contributed by atoms with Gasteiger partial charge in [-0.3, -0.25) is 0 Å². The van der Waals surface area contributed by atoms with E-state index >= 15 is 0 Å². The summed E-state index contributed by atoms with van der Waals surface area (Å²) in [6.45, 7) is 3.81. The number of benzene rings is 1. The molecular weight excluding hydrogens is 306 g/mol. The quantitative estimate of drug-likeness (QED) is 0.841. The average Bonchev–Trinajstić information content (AvgIpc) is 2.86. The second kappa shape index (κ2) is 7.13. The molecule has 1 saturated carbocycles. The van der Waals surface area contributed by atoms with Gasteiger partial charge in [0.1, 0.15) is 0 Å². The van der Waals surface area contributed by atoms with Crippen LogP contribution in [0.1, 0.15) is 37.3 Å². The normalized spacial score (nSPS) is 22.6. The number of aliphatic hydroxyl groups is 1. The second-order valence-corrected chi connectivity index (χ2v) is 8.63. The summed E-state index contributed by atoms with van der Waals surface area (Å²) in [6.07, 6.45) is 3.04. The van der Waals surface area contributed by atoms with E-state index in [1.165, 1.54) is 0 Å². The molecule has 6 heteroatoms. The molecule has 0 spiro atoms. The first kappa shape index (κ1) is 16.8. The van der Waals surface area contributed by atoms with Gasteiger partial charge in [-0.15, -0.1) is 0 Å². The van der Waals surface area contributed by atoms with E-state index in [0.717, 1.165) is 30.6 Å². The van der Waals surface area contributed by atoms with Crippen LogP contribution in [0.2, 0.25) is 0 Å². The average molecular weight is 329 g/mol. The van der Waals surface area contributed by atoms with Gasteiger partial charge in [0.25, 0.3) is 0 Å². The number of thioether (sulfide) groups is 1. The van der Waals surface area contributed by atoms with Crippen LogP contribution in [0.25, 0.3) is 0 Å². The number of sulfonamides is 1. The summed E-state index contributed by atoms with van der Waals surface area (Å²) < 4.78 is 27.9. The number of hydrogen-bond donors (Lipinski definition) is 2. The van der Waals surface area contributed by atoms with E-state index in [2.05, 4.69) is 11.6 Å². The van der Waals surface area contributed by atoms with Crippen molar-refractivity contribution >= 4 is 21.8 Å². The van der Waals surface area contributed by atoms with Gasteiger partial charge in [0.2, 0.25) is 10.0 Å². The lowest BCUT2D eigenvalue weighted by molar-refractivity contribution is 0.280. The van der Waals surface area contributed by atoms with Crippen LogP contribution in [0.3, 0.4) is 0 Å². The van der Waals surface area contributed by atoms with Crippen LogP contribution in [0.15, 0.2) is 23.1 Å². The SMILES string of the molecule is CCSC1CCCC1NS(=O)(=O)c1ccc(C)c(CO)c1. The van der Waals surface area contributed by atoms with Crippen LogP contribution < -0.4 is 4.72 Å². The fourth-order valence-electron chi connectivity index (χ4n) is 2.73. The summed E-state index contributed by atoms with van der Waals surface area (Å²) in [6, 6.07) is 4.92. The van der Waals surface area contributed by atoms with Crippen molar-refractivity contribution in [2.75, 3.05) is 5.75 Å². The molecule has 1 aromatic rings. The van der Waals surface area contributed by atoms with E-state index in [-0.39, 0.29) is 17.5 Å². The van der Waals surface area contributed by atoms with Gasteiger partial charge in [-0.25, -0.2) is 13.1 Å². The van der Waals surface area contributed by atoms with Gasteiger partial charge in [-0.1, -0.05) is 19.4 Å². The van der Waals surface area contributed by atoms with E-state index in [1.54, 1.807) is 18.2 Å². The molecule has 1 aliphatic carbocycles. The summed E-state index contributed by atoms with van der Waals surface area (Å²) in [4.78, 5) is 0.240. The van der Waals surface area contributed by atoms with Crippen molar-refractivity contribution in [3.8, 4) is 0 Å². The zero-order chi connectivity index (χ0) is 15.5. The van der Waals surface area contributed by atoms with Crippen molar-refractivity contribution in [2.24, 2.45) is 0 Å². The van der Waals surface area contributed by atoms with Gasteiger partial charge in [-0.05, 0) is 48.8 Å². The molecule has 118 valence electrons. The van der Waals surface area contributed by atoms with Crippen molar-refractivity contribution in [1.82, 2.24) is 4.72 Å². The topological polar surface area (TPSA) is 66.4 Å². The van der Waals surface area contributed by atoms with Gasteiger partial charge in [0.05, 0.1) is 11.5 Å². The van der Waals surface area contributed by atoms with Crippen molar-refractivity contribution in [3.05, 3.63) is 29.3 Å². The Balaban J connectivity index is 2.18. The Hall–Kier alpha value is -0.560. The first-order valence-electron chi connectivity index (χ1n) is 7.32. The maximum atomic E-state index is 12.5. The van der Waals surface area contributed by atoms with Crippen LogP contribution >= 0.6 is 11.8 Å². The third-order valence-corrected chi connectivity index (χ3v) is 6.75. The van der Waals surface area contributed by atoms with Crippen LogP contribution in [0.5, 0.6) is 0 Å². The summed E-state index contributed by atoms with van der Waals surface area (Å²) in [5, 5.41) is 9.65. The van der Waals surface area contributed by atoms with Crippen LogP contribution in [0, 0.1) is 6.92 Å². The highest BCUT2D eigenvalue weighted by molar-refractivity contribution is 8.00. The minimum absolute atomic E-state index is 0.0128. The minimum atomic E-state index is -3.52. The molecule has 1 aliphatic rings. The first-order chi connectivity index (χ1) is 9.97. The van der Waals surface area contributed by atoms with Crippen molar-refractivity contribution in [3.63, 3.8) is 0 Å². The highest BCUT2D eigenvalue weighted by Crippen LogP contribution is 2.31. The largest absolute Gasteiger partial charge is 0.392 e. The summed E-state index contributed by atoms with van der Waals surface area (Å²) in [5.74, 6) is 1.00. The Labute approximate surface area is 131 Å². The zero-order valence-electron chi connectivity index (χ0n) is 12.5. The molecule has 0 amide bonds. The van der Waals surface area contributed by atoms with E-state index < -0.39 is 10.0 Å². The maximum Gasteiger partial charge on any atom is 0.240 e. The molecule has 0 aliphatic heterocycles. The van der Waals surface area contributed by atoms with Gasteiger partial charge in [-0.2, -0.15) is 11.8 Å². The smallest absolute Gasteiger partial charge is 0.240 e. The Morgan fingerprint density at radius 3 is 2.81 bits per heavy atom. The number of rotatable bonds is 6. The second-order valence-electron chi connectivity index (χ2n) is 5.40. The lowest BCUT2D eigenvalue weighted by atomic mass is 10.1. The molecule has 4 nitrogen and oxygen atoms in total. The predicted octanol–water partition coefficient (Wildman–Crippen LogP) is 2.44. The van der Waals surface area contributed by atoms with E-state index in [0.29, 0.717) is 10.8 Å². The van der Waals surface area contributed by atoms with Gasteiger partial charge in [0.15, 0.2) is 0 Å². The minimum Gasteiger partial charge on any atom is -0.392 e. The Morgan fingerprint density at radius 1 is 1.38 bits per heavy atom. The van der Waals surface area contributed by atoms with Crippen molar-refractivity contribution < 1.29 is 13.5 Å². The molecule has 2 unspecified atom stereocenters. The standard InChI is InChI=1S/C15H23NO3S2/c1-3-20-15-6-4-5-14(15)16-21(18,19)13-8-7-11(2)12(9-13)10-17/h7-9,14-17H,3-6,10H2,1-2H3. The van der Waals surface area contributed by atoms with Gasteiger partial charge in [0, 0.05) is 11.3 Å². The number of aliphatic hydroxyl groups excluding tert-OH is 1. The molecule has 2 rings (SSSR count). The number of aryl methyl sites for hydroxylation is 1. The van der Waals surface area contributed by atoms with E-state index in [9.17, 15) is 13.5 Å². The summed E-state index contributed by atoms with van der Waals surface area (Å²) >= 11 is 1.83. The molecule has 1 fully saturated rings. The monoisotopic (exact) mass is 329 g/mol. The van der Waals surface area contributed by atoms with E-state index in [4.69, 9.17) is 0 Å². The van der Waals surface area contributed by atoms with E-state index in [1.807, 2.05) is 18.7 Å². The van der Waals surface area contributed by atoms with Gasteiger partial charge < -0.3 is 5.11 Å². The van der Waals surface area contributed by atoms with Gasteiger partial charge >= 0.3 is 0 Å². The maximum absolute atomic E-state index is 12.5. The lowest BCUT2D eigenvalue weighted by Gasteiger charge is -2.20. The Bertz CT molecular complexity index is 587. The zero-order valence-corrected chi connectivity index (χ0v) is 14.1. The third-order valence-electron chi connectivity index (χ3n) is 3.94. The van der Waals surface area contributed by atoms with Crippen LogP contribution in [-0.2, 0) is 16.6 Å². The molecule has 2 atom stereocenters. The Morgan fingerprint density at radius 2 is 2.14 bits per heavy atom. The molecule has 0 saturated heterocycles. The molecule has 0 bridgehead atoms. The number of nitrogens with one attached hydrogen (secondary N) is 1. The van der Waals surface area contributed by atoms with Crippen molar-refractivity contribution in [1.29, 1.82) is 0 Å². The fourth-order valence-corrected chi connectivity index (χ4v) is 5.37. The molecule has 21 heavy (non-hydrogen) atoms. The highest BCUT2D eigenvalue weighted by atomic mass is 32.2. The molecule has 2 N–H and O–H groups in total. The Kier molecular flexibility index (Phi) is 5.71. The summed E-state index contributed by atoms with van der Waals surface area (Å²) in [5.41, 5.74) is 1.56. The van der Waals surface area contributed by atoms with Crippen LogP contribution in [0.4, 0.5) is 0 Å². The van der Waals surface area contributed by atoms with Crippen LogP contribution in [-0.4, -0.2) is 30.6 Å². The first-order valence-corrected chi connectivity index (χ1v) is 9.85.